The molecular weight excluding hydrogens is 418 g/mol. The van der Waals surface area contributed by atoms with Crippen molar-refractivity contribution < 1.29 is 27.3 Å². The first-order chi connectivity index (χ1) is 14.8. The summed E-state index contributed by atoms with van der Waals surface area (Å²) in [5.74, 6) is -1.52. The fourth-order valence-corrected chi connectivity index (χ4v) is 5.58. The van der Waals surface area contributed by atoms with Gasteiger partial charge in [-0.2, -0.15) is 8.42 Å². The van der Waals surface area contributed by atoms with E-state index in [9.17, 15) is 22.6 Å². The normalized spacial score (nSPS) is 23.2. The Bertz CT molecular complexity index is 1100. The third-order valence-corrected chi connectivity index (χ3v) is 7.21. The first kappa shape index (κ1) is 21.7. The lowest BCUT2D eigenvalue weighted by Crippen LogP contribution is -2.31. The number of hydrogen-bond donors (Lipinski definition) is 2. The number of esters is 2. The van der Waals surface area contributed by atoms with E-state index >= 15 is 0 Å². The zero-order valence-corrected chi connectivity index (χ0v) is 18.0. The van der Waals surface area contributed by atoms with Crippen LogP contribution >= 0.6 is 0 Å². The Labute approximate surface area is 181 Å². The van der Waals surface area contributed by atoms with E-state index in [2.05, 4.69) is 5.32 Å². The van der Waals surface area contributed by atoms with Crippen molar-refractivity contribution in [1.82, 2.24) is 5.32 Å². The predicted octanol–water partition coefficient (Wildman–Crippen LogP) is 3.83. The quantitative estimate of drug-likeness (QED) is 0.420. The second kappa shape index (κ2) is 8.53. The van der Waals surface area contributed by atoms with Gasteiger partial charge in [0.1, 0.15) is 4.90 Å². The van der Waals surface area contributed by atoms with Crippen molar-refractivity contribution in [3.63, 3.8) is 0 Å². The molecule has 4 rings (SSSR count). The summed E-state index contributed by atoms with van der Waals surface area (Å²) in [6.07, 6.45) is 5.15. The SMILES string of the molecule is Cc1ccc(S(=O)(=O)O)c(C(=O)OC(=O)c2ccccc2)c1C1CC2CCCCC2N1. The standard InChI is InChI=1S/C23H25NO6S/c1-14-11-12-19(31(27,28)29)21(23(26)30-22(25)15-7-3-2-4-8-15)20(14)18-13-16-9-5-6-10-17(16)24-18/h2-4,7-8,11-12,16-18,24H,5-6,9-10,13H2,1H3,(H,27,28,29). The summed E-state index contributed by atoms with van der Waals surface area (Å²) in [6.45, 7) is 1.78. The number of benzene rings is 2. The average molecular weight is 444 g/mol. The van der Waals surface area contributed by atoms with E-state index in [1.165, 1.54) is 18.2 Å². The third-order valence-electron chi connectivity index (χ3n) is 6.31. The minimum Gasteiger partial charge on any atom is -0.386 e. The fraction of sp³-hybridized carbons (Fsp3) is 0.391. The summed E-state index contributed by atoms with van der Waals surface area (Å²) < 4.78 is 39.0. The Morgan fingerprint density at radius 1 is 1.03 bits per heavy atom. The van der Waals surface area contributed by atoms with E-state index in [1.807, 2.05) is 0 Å². The molecule has 0 radical (unpaired) electrons. The Balaban J connectivity index is 1.75. The van der Waals surface area contributed by atoms with Crippen LogP contribution in [0.5, 0.6) is 0 Å². The van der Waals surface area contributed by atoms with E-state index in [-0.39, 0.29) is 17.2 Å². The molecule has 7 nitrogen and oxygen atoms in total. The van der Waals surface area contributed by atoms with Crippen LogP contribution in [0.2, 0.25) is 0 Å². The van der Waals surface area contributed by atoms with Crippen LogP contribution in [0, 0.1) is 12.8 Å². The number of carbonyl (C=O) groups excluding carboxylic acids is 2. The summed E-state index contributed by atoms with van der Waals surface area (Å²) in [6, 6.07) is 10.8. The van der Waals surface area contributed by atoms with Crippen LogP contribution in [0.1, 0.15) is 70.0 Å². The Kier molecular flexibility index (Phi) is 5.96. The molecule has 31 heavy (non-hydrogen) atoms. The number of nitrogens with one attached hydrogen (secondary N) is 1. The summed E-state index contributed by atoms with van der Waals surface area (Å²) in [5.41, 5.74) is 1.06. The molecule has 2 aromatic rings. The van der Waals surface area contributed by atoms with Gasteiger partial charge in [-0.1, -0.05) is 37.1 Å². The highest BCUT2D eigenvalue weighted by molar-refractivity contribution is 7.86. The molecule has 2 aliphatic rings. The van der Waals surface area contributed by atoms with Crippen LogP contribution < -0.4 is 5.32 Å². The van der Waals surface area contributed by atoms with Crippen LogP contribution in [0.15, 0.2) is 47.4 Å². The van der Waals surface area contributed by atoms with E-state index in [1.54, 1.807) is 31.2 Å². The molecule has 3 unspecified atom stereocenters. The number of aryl methyl sites for hydroxylation is 1. The zero-order chi connectivity index (χ0) is 22.2. The molecule has 0 amide bonds. The van der Waals surface area contributed by atoms with Crippen LogP contribution in [-0.2, 0) is 14.9 Å². The van der Waals surface area contributed by atoms with Gasteiger partial charge < -0.3 is 10.1 Å². The molecule has 1 saturated carbocycles. The summed E-state index contributed by atoms with van der Waals surface area (Å²) in [7, 11) is -4.71. The second-order valence-corrected chi connectivity index (χ2v) is 9.68. The molecule has 164 valence electrons. The Morgan fingerprint density at radius 2 is 1.74 bits per heavy atom. The van der Waals surface area contributed by atoms with E-state index < -0.39 is 27.0 Å². The van der Waals surface area contributed by atoms with Gasteiger partial charge >= 0.3 is 11.9 Å². The smallest absolute Gasteiger partial charge is 0.347 e. The highest BCUT2D eigenvalue weighted by Crippen LogP contribution is 2.42. The molecule has 2 fully saturated rings. The highest BCUT2D eigenvalue weighted by atomic mass is 32.2. The van der Waals surface area contributed by atoms with Gasteiger partial charge in [0.15, 0.2) is 0 Å². The largest absolute Gasteiger partial charge is 0.386 e. The molecule has 0 aromatic heterocycles. The third kappa shape index (κ3) is 4.42. The molecule has 1 saturated heterocycles. The lowest BCUT2D eigenvalue weighted by atomic mass is 9.84. The molecule has 8 heteroatoms. The van der Waals surface area contributed by atoms with E-state index in [0.717, 1.165) is 32.1 Å². The number of fused-ring (bicyclic) bond motifs is 1. The second-order valence-electron chi connectivity index (χ2n) is 8.29. The predicted molar refractivity (Wildman–Crippen MR) is 113 cm³/mol. The molecule has 1 aliphatic carbocycles. The zero-order valence-electron chi connectivity index (χ0n) is 17.2. The summed E-state index contributed by atoms with van der Waals surface area (Å²) in [4.78, 5) is 25.0. The van der Waals surface area contributed by atoms with Gasteiger partial charge in [0.05, 0.1) is 11.1 Å². The van der Waals surface area contributed by atoms with Crippen molar-refractivity contribution in [3.05, 3.63) is 64.7 Å². The van der Waals surface area contributed by atoms with Crippen molar-refractivity contribution in [3.8, 4) is 0 Å². The topological polar surface area (TPSA) is 110 Å². The Morgan fingerprint density at radius 3 is 2.42 bits per heavy atom. The van der Waals surface area contributed by atoms with Crippen molar-refractivity contribution in [2.24, 2.45) is 5.92 Å². The summed E-state index contributed by atoms with van der Waals surface area (Å²) >= 11 is 0. The number of rotatable bonds is 4. The van der Waals surface area contributed by atoms with Crippen LogP contribution in [0.25, 0.3) is 0 Å². The number of carbonyl (C=O) groups is 2. The Hall–Kier alpha value is -2.55. The number of hydrogen-bond acceptors (Lipinski definition) is 6. The highest BCUT2D eigenvalue weighted by Gasteiger charge is 2.39. The van der Waals surface area contributed by atoms with E-state index in [0.29, 0.717) is 23.1 Å². The van der Waals surface area contributed by atoms with Crippen molar-refractivity contribution in [2.75, 3.05) is 0 Å². The molecule has 1 aliphatic heterocycles. The maximum Gasteiger partial charge on any atom is 0.347 e. The monoisotopic (exact) mass is 443 g/mol. The average Bonchev–Trinajstić information content (AvgIpc) is 3.16. The van der Waals surface area contributed by atoms with Crippen LogP contribution in [-0.4, -0.2) is 31.0 Å². The lowest BCUT2D eigenvalue weighted by Gasteiger charge is -2.24. The number of ether oxygens (including phenoxy) is 1. The van der Waals surface area contributed by atoms with Gasteiger partial charge in [-0.25, -0.2) is 9.59 Å². The van der Waals surface area contributed by atoms with Gasteiger partial charge in [-0.3, -0.25) is 4.55 Å². The molecule has 0 spiro atoms. The van der Waals surface area contributed by atoms with Gasteiger partial charge in [-0.05, 0) is 61.4 Å². The molecule has 0 bridgehead atoms. The first-order valence-electron chi connectivity index (χ1n) is 10.4. The first-order valence-corrected chi connectivity index (χ1v) is 11.9. The molecular formula is C23H25NO6S. The maximum absolute atomic E-state index is 13.1. The maximum atomic E-state index is 13.1. The van der Waals surface area contributed by atoms with Gasteiger partial charge in [0, 0.05) is 12.1 Å². The van der Waals surface area contributed by atoms with Crippen molar-refractivity contribution in [2.45, 2.75) is 56.0 Å². The van der Waals surface area contributed by atoms with Crippen molar-refractivity contribution >= 4 is 22.1 Å². The minimum absolute atomic E-state index is 0.170. The van der Waals surface area contributed by atoms with Gasteiger partial charge in [0.2, 0.25) is 0 Å². The molecule has 2 N–H and O–H groups in total. The minimum atomic E-state index is -4.71. The van der Waals surface area contributed by atoms with E-state index in [4.69, 9.17) is 4.74 Å². The lowest BCUT2D eigenvalue weighted by molar-refractivity contribution is 0.0393. The van der Waals surface area contributed by atoms with Crippen molar-refractivity contribution in [1.29, 1.82) is 0 Å². The van der Waals surface area contributed by atoms with Gasteiger partial charge in [0.25, 0.3) is 10.1 Å². The molecule has 2 aromatic carbocycles. The molecule has 3 atom stereocenters. The molecule has 1 heterocycles. The van der Waals surface area contributed by atoms with Gasteiger partial charge in [-0.15, -0.1) is 0 Å². The van der Waals surface area contributed by atoms with Crippen LogP contribution in [0.4, 0.5) is 0 Å². The van der Waals surface area contributed by atoms with Crippen LogP contribution in [0.3, 0.4) is 0 Å². The fourth-order valence-electron chi connectivity index (χ4n) is 4.89. The summed E-state index contributed by atoms with van der Waals surface area (Å²) in [5, 5.41) is 3.54.